The lowest BCUT2D eigenvalue weighted by Crippen LogP contribution is -2.22. The number of benzene rings is 2. The van der Waals surface area contributed by atoms with Gasteiger partial charge in [0.1, 0.15) is 5.52 Å². The van der Waals surface area contributed by atoms with Crippen LogP contribution in [0.15, 0.2) is 48.7 Å². The van der Waals surface area contributed by atoms with Crippen LogP contribution in [0, 0.1) is 5.82 Å². The van der Waals surface area contributed by atoms with Crippen LogP contribution in [0.25, 0.3) is 22.6 Å². The molecule has 1 fully saturated rings. The Labute approximate surface area is 191 Å². The van der Waals surface area contributed by atoms with Crippen LogP contribution in [-0.2, 0) is 10.9 Å². The fourth-order valence-corrected chi connectivity index (χ4v) is 4.27. The van der Waals surface area contributed by atoms with E-state index in [2.05, 4.69) is 15.0 Å². The fraction of sp³-hybridized carbons (Fsp3) is 0.250. The highest BCUT2D eigenvalue weighted by molar-refractivity contribution is 6.10. The van der Waals surface area contributed by atoms with Crippen molar-refractivity contribution in [2.24, 2.45) is 0 Å². The summed E-state index contributed by atoms with van der Waals surface area (Å²) < 4.78 is 60.1. The molecule has 2 aromatic carbocycles. The van der Waals surface area contributed by atoms with Gasteiger partial charge in [-0.25, -0.2) is 9.37 Å². The van der Waals surface area contributed by atoms with Crippen LogP contribution < -0.4 is 4.90 Å². The Kier molecular flexibility index (Phi) is 5.40. The summed E-state index contributed by atoms with van der Waals surface area (Å²) >= 11 is 0. The van der Waals surface area contributed by atoms with Crippen LogP contribution in [0.5, 0.6) is 0 Å². The van der Waals surface area contributed by atoms with Gasteiger partial charge in [0, 0.05) is 43.2 Å². The number of rotatable bonds is 5. The maximum atomic E-state index is 14.8. The summed E-state index contributed by atoms with van der Waals surface area (Å²) in [5, 5.41) is 0. The number of carbonyl (C=O) groups is 1. The van der Waals surface area contributed by atoms with Gasteiger partial charge in [0.15, 0.2) is 17.4 Å². The number of nitrogens with one attached hydrogen (secondary N) is 2. The van der Waals surface area contributed by atoms with E-state index in [-0.39, 0.29) is 23.0 Å². The van der Waals surface area contributed by atoms with Crippen LogP contribution in [0.3, 0.4) is 0 Å². The van der Waals surface area contributed by atoms with Crippen molar-refractivity contribution in [2.75, 3.05) is 25.1 Å². The van der Waals surface area contributed by atoms with Gasteiger partial charge in [-0.1, -0.05) is 18.2 Å². The van der Waals surface area contributed by atoms with Gasteiger partial charge in [-0.2, -0.15) is 13.2 Å². The number of hydrogen-bond acceptors (Lipinski definition) is 4. The van der Waals surface area contributed by atoms with Crippen molar-refractivity contribution in [3.8, 4) is 11.5 Å². The largest absolute Gasteiger partial charge is 0.417 e. The fourth-order valence-electron chi connectivity index (χ4n) is 4.27. The van der Waals surface area contributed by atoms with Crippen molar-refractivity contribution in [1.82, 2.24) is 15.0 Å². The van der Waals surface area contributed by atoms with Gasteiger partial charge >= 0.3 is 6.18 Å². The number of anilines is 1. The number of nitrogens with zero attached hydrogens (tertiary/aromatic N) is 2. The van der Waals surface area contributed by atoms with Crippen molar-refractivity contribution >= 4 is 22.5 Å². The average molecular weight is 472 g/mol. The molecule has 0 saturated carbocycles. The molecule has 1 aliphatic heterocycles. The second-order valence-corrected chi connectivity index (χ2v) is 8.18. The third-order valence-corrected chi connectivity index (χ3v) is 6.05. The molecule has 0 spiro atoms. The van der Waals surface area contributed by atoms with Crippen molar-refractivity contribution in [2.45, 2.75) is 18.7 Å². The van der Waals surface area contributed by atoms with Crippen LogP contribution in [0.2, 0.25) is 0 Å². The number of methoxy groups -OCH3 is 1. The molecule has 1 unspecified atom stereocenters. The minimum absolute atomic E-state index is 0.0380. The second-order valence-electron chi connectivity index (χ2n) is 8.18. The zero-order valence-corrected chi connectivity index (χ0v) is 18.0. The Balaban J connectivity index is 1.45. The van der Waals surface area contributed by atoms with E-state index in [1.165, 1.54) is 30.5 Å². The SMILES string of the molecule is COC1CCN(c2cc(F)c3nc(-c4cc(C(=O)c5ccccc5C(F)(F)F)c[nH]4)[nH]c3c2)C1. The van der Waals surface area contributed by atoms with Gasteiger partial charge in [-0.3, -0.25) is 4.79 Å². The van der Waals surface area contributed by atoms with E-state index in [1.807, 2.05) is 4.90 Å². The Morgan fingerprint density at radius 2 is 2.00 bits per heavy atom. The molecular weight excluding hydrogens is 452 g/mol. The summed E-state index contributed by atoms with van der Waals surface area (Å²) in [6.45, 7) is 1.40. The molecule has 1 aliphatic rings. The van der Waals surface area contributed by atoms with Crippen LogP contribution >= 0.6 is 0 Å². The standard InChI is InChI=1S/C24H20F4N4O2/c1-34-15-6-7-32(12-15)14-9-18(25)21-19(10-14)30-23(31-21)20-8-13(11-29-20)22(33)16-4-2-3-5-17(16)24(26,27)28/h2-5,8-11,15,29H,6-7,12H2,1H3,(H,30,31). The molecule has 10 heteroatoms. The first-order chi connectivity index (χ1) is 16.2. The van der Waals surface area contributed by atoms with E-state index < -0.39 is 28.9 Å². The first kappa shape index (κ1) is 22.1. The summed E-state index contributed by atoms with van der Waals surface area (Å²) in [4.78, 5) is 25.0. The predicted octanol–water partition coefficient (Wildman–Crippen LogP) is 5.17. The highest BCUT2D eigenvalue weighted by atomic mass is 19.4. The molecular formula is C24H20F4N4O2. The molecule has 2 N–H and O–H groups in total. The molecule has 2 aromatic heterocycles. The normalized spacial score (nSPS) is 16.5. The van der Waals surface area contributed by atoms with E-state index in [9.17, 15) is 22.4 Å². The maximum Gasteiger partial charge on any atom is 0.417 e. The van der Waals surface area contributed by atoms with Crippen molar-refractivity contribution < 1.29 is 27.1 Å². The van der Waals surface area contributed by atoms with Crippen LogP contribution in [0.4, 0.5) is 23.2 Å². The van der Waals surface area contributed by atoms with Gasteiger partial charge in [0.25, 0.3) is 0 Å². The summed E-state index contributed by atoms with van der Waals surface area (Å²) in [7, 11) is 1.65. The van der Waals surface area contributed by atoms with E-state index in [1.54, 1.807) is 13.2 Å². The predicted molar refractivity (Wildman–Crippen MR) is 118 cm³/mol. The van der Waals surface area contributed by atoms with Gasteiger partial charge in [0.2, 0.25) is 0 Å². The zero-order valence-electron chi connectivity index (χ0n) is 18.0. The van der Waals surface area contributed by atoms with E-state index in [0.717, 1.165) is 25.1 Å². The third kappa shape index (κ3) is 3.94. The van der Waals surface area contributed by atoms with E-state index >= 15 is 0 Å². The summed E-state index contributed by atoms with van der Waals surface area (Å²) in [5.41, 5.74) is 0.244. The van der Waals surface area contributed by atoms with Gasteiger partial charge < -0.3 is 19.6 Å². The van der Waals surface area contributed by atoms with Crippen molar-refractivity contribution in [1.29, 1.82) is 0 Å². The van der Waals surface area contributed by atoms with Crippen molar-refractivity contribution in [3.05, 3.63) is 71.2 Å². The monoisotopic (exact) mass is 472 g/mol. The van der Waals surface area contributed by atoms with E-state index in [0.29, 0.717) is 23.4 Å². The Morgan fingerprint density at radius 3 is 2.74 bits per heavy atom. The number of carbonyl (C=O) groups excluding carboxylic acids is 1. The van der Waals surface area contributed by atoms with E-state index in [4.69, 9.17) is 4.74 Å². The number of fused-ring (bicyclic) bond motifs is 1. The Bertz CT molecular complexity index is 1380. The molecule has 176 valence electrons. The molecule has 0 bridgehead atoms. The third-order valence-electron chi connectivity index (χ3n) is 6.05. The number of halogens is 4. The first-order valence-corrected chi connectivity index (χ1v) is 10.6. The van der Waals surface area contributed by atoms with Gasteiger partial charge in [-0.15, -0.1) is 0 Å². The molecule has 1 atom stereocenters. The van der Waals surface area contributed by atoms with Gasteiger partial charge in [-0.05, 0) is 30.7 Å². The number of hydrogen-bond donors (Lipinski definition) is 2. The van der Waals surface area contributed by atoms with Crippen LogP contribution in [0.1, 0.15) is 27.9 Å². The van der Waals surface area contributed by atoms with Crippen molar-refractivity contribution in [3.63, 3.8) is 0 Å². The highest BCUT2D eigenvalue weighted by Crippen LogP contribution is 2.34. The lowest BCUT2D eigenvalue weighted by molar-refractivity contribution is -0.137. The molecule has 0 amide bonds. The molecule has 1 saturated heterocycles. The molecule has 34 heavy (non-hydrogen) atoms. The lowest BCUT2D eigenvalue weighted by Gasteiger charge is -2.18. The topological polar surface area (TPSA) is 74.0 Å². The Morgan fingerprint density at radius 1 is 1.21 bits per heavy atom. The smallest absolute Gasteiger partial charge is 0.380 e. The molecule has 5 rings (SSSR count). The van der Waals surface area contributed by atoms with Crippen LogP contribution in [-0.4, -0.2) is 47.0 Å². The first-order valence-electron chi connectivity index (χ1n) is 10.6. The number of H-pyrrole nitrogens is 2. The number of aromatic amines is 2. The number of ketones is 1. The molecule has 3 heterocycles. The summed E-state index contributed by atoms with van der Waals surface area (Å²) in [6, 6.07) is 9.24. The molecule has 4 aromatic rings. The summed E-state index contributed by atoms with van der Waals surface area (Å²) in [5.74, 6) is -1.01. The quantitative estimate of drug-likeness (QED) is 0.310. The lowest BCUT2D eigenvalue weighted by atomic mass is 9.99. The maximum absolute atomic E-state index is 14.8. The average Bonchev–Trinajstić information content (AvgIpc) is 3.56. The summed E-state index contributed by atoms with van der Waals surface area (Å²) in [6.07, 6.45) is -2.40. The second kappa shape index (κ2) is 8.28. The number of imidazole rings is 1. The number of alkyl halides is 3. The van der Waals surface area contributed by atoms with Gasteiger partial charge in [0.05, 0.1) is 22.9 Å². The minimum Gasteiger partial charge on any atom is -0.380 e. The minimum atomic E-state index is -4.65. The molecule has 0 radical (unpaired) electrons. The molecule has 0 aliphatic carbocycles. The number of aromatic nitrogens is 3. The highest BCUT2D eigenvalue weighted by Gasteiger charge is 2.35. The number of ether oxygens (including phenoxy) is 1. The molecule has 6 nitrogen and oxygen atoms in total. The zero-order chi connectivity index (χ0) is 24.0. The Hall–Kier alpha value is -3.66.